The van der Waals surface area contributed by atoms with Crippen molar-refractivity contribution in [3.8, 4) is 0 Å². The van der Waals surface area contributed by atoms with Gasteiger partial charge in [-0.15, -0.1) is 0 Å². The summed E-state index contributed by atoms with van der Waals surface area (Å²) in [5.74, 6) is -0.653. The second kappa shape index (κ2) is 7.04. The zero-order chi connectivity index (χ0) is 17.8. The molecule has 25 heavy (non-hydrogen) atoms. The van der Waals surface area contributed by atoms with Crippen LogP contribution in [0.15, 0.2) is 48.9 Å². The number of anilines is 1. The third kappa shape index (κ3) is 3.60. The Morgan fingerprint density at radius 2 is 1.84 bits per heavy atom. The number of fused-ring (bicyclic) bond motifs is 1. The van der Waals surface area contributed by atoms with Crippen molar-refractivity contribution < 1.29 is 14.3 Å². The third-order valence-corrected chi connectivity index (χ3v) is 3.62. The van der Waals surface area contributed by atoms with Crippen LogP contribution in [0.2, 0.25) is 0 Å². The number of benzene rings is 1. The van der Waals surface area contributed by atoms with Gasteiger partial charge >= 0.3 is 5.97 Å². The molecule has 126 valence electrons. The molecular weight excluding hydrogens is 320 g/mol. The summed E-state index contributed by atoms with van der Waals surface area (Å²) in [4.78, 5) is 37.0. The van der Waals surface area contributed by atoms with Crippen molar-refractivity contribution in [1.29, 1.82) is 0 Å². The van der Waals surface area contributed by atoms with E-state index in [1.807, 2.05) is 13.0 Å². The lowest BCUT2D eigenvalue weighted by Gasteiger charge is -2.14. The van der Waals surface area contributed by atoms with Gasteiger partial charge in [-0.3, -0.25) is 14.8 Å². The van der Waals surface area contributed by atoms with Crippen molar-refractivity contribution >= 4 is 28.7 Å². The van der Waals surface area contributed by atoms with Gasteiger partial charge < -0.3 is 10.1 Å². The highest BCUT2D eigenvalue weighted by molar-refractivity contribution is 6.03. The Labute approximate surface area is 144 Å². The number of amides is 1. The number of carbonyl (C=O) groups excluding carboxylic acids is 2. The quantitative estimate of drug-likeness (QED) is 0.736. The number of carbonyl (C=O) groups is 2. The van der Waals surface area contributed by atoms with Gasteiger partial charge in [0.2, 0.25) is 0 Å². The van der Waals surface area contributed by atoms with Gasteiger partial charge in [0.15, 0.2) is 6.10 Å². The number of ether oxygens (including phenoxy) is 1. The number of hydrogen-bond donors (Lipinski definition) is 1. The number of pyridine rings is 1. The van der Waals surface area contributed by atoms with Gasteiger partial charge in [0.1, 0.15) is 11.3 Å². The summed E-state index contributed by atoms with van der Waals surface area (Å²) in [6, 6.07) is 8.63. The first-order chi connectivity index (χ1) is 12.1. The smallest absolute Gasteiger partial charge is 0.341 e. The topological polar surface area (TPSA) is 94.1 Å². The monoisotopic (exact) mass is 336 g/mol. The third-order valence-electron chi connectivity index (χ3n) is 3.62. The number of aromatic nitrogens is 3. The highest BCUT2D eigenvalue weighted by Gasteiger charge is 2.21. The van der Waals surface area contributed by atoms with Crippen LogP contribution in [0.3, 0.4) is 0 Å². The highest BCUT2D eigenvalue weighted by Crippen LogP contribution is 2.16. The molecule has 2 aromatic heterocycles. The molecule has 0 saturated carbocycles. The van der Waals surface area contributed by atoms with Gasteiger partial charge in [0.25, 0.3) is 5.91 Å². The van der Waals surface area contributed by atoms with Crippen molar-refractivity contribution in [3.63, 3.8) is 0 Å². The lowest BCUT2D eigenvalue weighted by Crippen LogP contribution is -2.30. The van der Waals surface area contributed by atoms with E-state index in [-0.39, 0.29) is 5.56 Å². The van der Waals surface area contributed by atoms with Crippen LogP contribution in [0.5, 0.6) is 0 Å². The molecule has 0 bridgehead atoms. The molecule has 0 fully saturated rings. The molecule has 7 heteroatoms. The Hall–Kier alpha value is -3.35. The van der Waals surface area contributed by atoms with Gasteiger partial charge in [0, 0.05) is 18.6 Å². The van der Waals surface area contributed by atoms with Crippen LogP contribution in [-0.4, -0.2) is 32.9 Å². The summed E-state index contributed by atoms with van der Waals surface area (Å²) in [5.41, 5.74) is 2.10. The Morgan fingerprint density at radius 1 is 1.04 bits per heavy atom. The molecule has 0 aliphatic carbocycles. The number of nitrogens with zero attached hydrogens (tertiary/aromatic N) is 3. The molecule has 1 atom stereocenters. The van der Waals surface area contributed by atoms with Crippen molar-refractivity contribution in [2.75, 3.05) is 5.32 Å². The van der Waals surface area contributed by atoms with E-state index >= 15 is 0 Å². The second-order valence-electron chi connectivity index (χ2n) is 5.44. The molecular formula is C18H16N4O3. The van der Waals surface area contributed by atoms with Crippen molar-refractivity contribution in [1.82, 2.24) is 15.0 Å². The second-order valence-corrected chi connectivity index (χ2v) is 5.44. The van der Waals surface area contributed by atoms with Crippen LogP contribution < -0.4 is 5.32 Å². The minimum atomic E-state index is -0.985. The molecule has 3 rings (SSSR count). The van der Waals surface area contributed by atoms with Crippen LogP contribution in [0.4, 0.5) is 5.82 Å². The first-order valence-corrected chi connectivity index (χ1v) is 7.69. The minimum Gasteiger partial charge on any atom is -0.449 e. The molecule has 0 aliphatic rings. The largest absolute Gasteiger partial charge is 0.449 e. The fraction of sp³-hybridized carbons (Fsp3) is 0.167. The van der Waals surface area contributed by atoms with Gasteiger partial charge in [-0.1, -0.05) is 12.1 Å². The van der Waals surface area contributed by atoms with Crippen LogP contribution in [0.25, 0.3) is 11.0 Å². The first kappa shape index (κ1) is 16.5. The fourth-order valence-electron chi connectivity index (χ4n) is 2.27. The summed E-state index contributed by atoms with van der Waals surface area (Å²) in [5, 5.41) is 2.65. The normalized spacial score (nSPS) is 11.8. The molecule has 1 amide bonds. The van der Waals surface area contributed by atoms with Gasteiger partial charge in [-0.2, -0.15) is 0 Å². The number of esters is 1. The summed E-state index contributed by atoms with van der Waals surface area (Å²) in [7, 11) is 0. The molecule has 1 N–H and O–H groups in total. The summed E-state index contributed by atoms with van der Waals surface area (Å²) < 4.78 is 5.27. The first-order valence-electron chi connectivity index (χ1n) is 7.69. The average molecular weight is 336 g/mol. The summed E-state index contributed by atoms with van der Waals surface area (Å²) >= 11 is 0. The number of rotatable bonds is 4. The molecule has 0 radical (unpaired) electrons. The lowest BCUT2D eigenvalue weighted by atomic mass is 10.2. The zero-order valence-corrected chi connectivity index (χ0v) is 13.8. The van der Waals surface area contributed by atoms with E-state index < -0.39 is 18.0 Å². The van der Waals surface area contributed by atoms with E-state index in [1.54, 1.807) is 36.7 Å². The maximum Gasteiger partial charge on any atom is 0.341 e. The van der Waals surface area contributed by atoms with E-state index in [1.165, 1.54) is 13.1 Å². The molecule has 0 aliphatic heterocycles. The van der Waals surface area contributed by atoms with E-state index in [2.05, 4.69) is 20.3 Å². The molecule has 7 nitrogen and oxygen atoms in total. The highest BCUT2D eigenvalue weighted by atomic mass is 16.5. The Bertz CT molecular complexity index is 937. The maximum absolute atomic E-state index is 12.4. The van der Waals surface area contributed by atoms with E-state index in [4.69, 9.17) is 4.74 Å². The number of hydrogen-bond acceptors (Lipinski definition) is 6. The maximum atomic E-state index is 12.4. The predicted octanol–water partition coefficient (Wildman–Crippen LogP) is 2.52. The minimum absolute atomic E-state index is 0.263. The molecule has 1 unspecified atom stereocenters. The summed E-state index contributed by atoms with van der Waals surface area (Å²) in [6.07, 6.45) is 3.64. The Morgan fingerprint density at radius 3 is 2.64 bits per heavy atom. The van der Waals surface area contributed by atoms with E-state index in [0.717, 1.165) is 5.56 Å². The standard InChI is InChI=1S/C18H16N4O3/c1-11-5-4-8-21-16(11)22-17(23)12(2)25-18(24)13-6-3-7-14-15(13)20-10-9-19-14/h3-10,12H,1-2H3,(H,21,22,23). The van der Waals surface area contributed by atoms with Crippen LogP contribution in [-0.2, 0) is 9.53 Å². The lowest BCUT2D eigenvalue weighted by molar-refractivity contribution is -0.123. The van der Waals surface area contributed by atoms with E-state index in [9.17, 15) is 9.59 Å². The summed E-state index contributed by atoms with van der Waals surface area (Å²) in [6.45, 7) is 3.33. The van der Waals surface area contributed by atoms with Crippen LogP contribution >= 0.6 is 0 Å². The Kier molecular flexibility index (Phi) is 4.65. The van der Waals surface area contributed by atoms with Gasteiger partial charge in [-0.05, 0) is 37.6 Å². The molecule has 0 spiro atoms. The van der Waals surface area contributed by atoms with Crippen LogP contribution in [0.1, 0.15) is 22.8 Å². The van der Waals surface area contributed by atoms with Crippen molar-refractivity contribution in [2.45, 2.75) is 20.0 Å². The molecule has 0 saturated heterocycles. The predicted molar refractivity (Wildman–Crippen MR) is 92.0 cm³/mol. The number of nitrogens with one attached hydrogen (secondary N) is 1. The number of aryl methyl sites for hydroxylation is 1. The van der Waals surface area contributed by atoms with E-state index in [0.29, 0.717) is 16.9 Å². The Balaban J connectivity index is 1.74. The zero-order valence-electron chi connectivity index (χ0n) is 13.8. The fourth-order valence-corrected chi connectivity index (χ4v) is 2.27. The molecule has 3 aromatic rings. The molecule has 1 aromatic carbocycles. The molecule has 2 heterocycles. The SMILES string of the molecule is Cc1cccnc1NC(=O)C(C)OC(=O)c1cccc2nccnc12. The number of para-hydroxylation sites is 1. The average Bonchev–Trinajstić information content (AvgIpc) is 2.63. The van der Waals surface area contributed by atoms with Crippen molar-refractivity contribution in [3.05, 3.63) is 60.0 Å². The van der Waals surface area contributed by atoms with Gasteiger partial charge in [-0.25, -0.2) is 9.78 Å². The van der Waals surface area contributed by atoms with Gasteiger partial charge in [0.05, 0.1) is 11.1 Å². The van der Waals surface area contributed by atoms with Crippen molar-refractivity contribution in [2.24, 2.45) is 0 Å². The van der Waals surface area contributed by atoms with Crippen LogP contribution in [0, 0.1) is 6.92 Å².